The summed E-state index contributed by atoms with van der Waals surface area (Å²) in [6.45, 7) is 17.8. The molecule has 0 aromatic carbocycles. The van der Waals surface area contributed by atoms with E-state index in [9.17, 15) is 9.59 Å². The lowest BCUT2D eigenvalue weighted by molar-refractivity contribution is -0.119. The monoisotopic (exact) mass is 438 g/mol. The number of ketones is 1. The molecule has 31 heavy (non-hydrogen) atoms. The smallest absolute Gasteiger partial charge is 0.244 e. The van der Waals surface area contributed by atoms with Crippen LogP contribution >= 0.6 is 0 Å². The highest BCUT2D eigenvalue weighted by Gasteiger charge is 2.20. The van der Waals surface area contributed by atoms with Gasteiger partial charge in [0.25, 0.3) is 0 Å². The van der Waals surface area contributed by atoms with Crippen molar-refractivity contribution in [3.63, 3.8) is 0 Å². The second kappa shape index (κ2) is 14.9. The molecule has 8 heteroatoms. The fourth-order valence-electron chi connectivity index (χ4n) is 2.09. The number of aromatic nitrogens is 3. The molecule has 0 spiro atoms. The lowest BCUT2D eigenvalue weighted by Crippen LogP contribution is -2.31. The fourth-order valence-corrected chi connectivity index (χ4v) is 2.09. The van der Waals surface area contributed by atoms with Crippen molar-refractivity contribution in [2.24, 2.45) is 17.8 Å². The molecule has 0 fully saturated rings. The second-order valence-electron chi connectivity index (χ2n) is 9.38. The highest BCUT2D eigenvalue weighted by molar-refractivity contribution is 5.98. The van der Waals surface area contributed by atoms with Gasteiger partial charge in [-0.3, -0.25) is 9.59 Å². The van der Waals surface area contributed by atoms with Crippen molar-refractivity contribution in [1.82, 2.24) is 20.3 Å². The molecule has 0 aliphatic carbocycles. The Morgan fingerprint density at radius 1 is 1.16 bits per heavy atom. The number of hydrogen-bond donors (Lipinski definition) is 2. The molecule has 0 atom stereocenters. The Bertz CT molecular complexity index is 679. The van der Waals surface area contributed by atoms with Crippen LogP contribution in [-0.4, -0.2) is 50.6 Å². The summed E-state index contributed by atoms with van der Waals surface area (Å²) in [6, 6.07) is 0. The van der Waals surface area contributed by atoms with Crippen LogP contribution in [0.3, 0.4) is 0 Å². The highest BCUT2D eigenvalue weighted by atomic mass is 16.5. The molecule has 0 saturated heterocycles. The second-order valence-corrected chi connectivity index (χ2v) is 9.38. The van der Waals surface area contributed by atoms with Crippen LogP contribution in [0.4, 0.5) is 0 Å². The molecule has 0 bridgehead atoms. The summed E-state index contributed by atoms with van der Waals surface area (Å²) < 4.78 is 7.64. The van der Waals surface area contributed by atoms with Crippen LogP contribution in [0, 0.1) is 17.8 Å². The van der Waals surface area contributed by atoms with Crippen LogP contribution < -0.4 is 5.32 Å². The zero-order chi connectivity index (χ0) is 24.0. The summed E-state index contributed by atoms with van der Waals surface area (Å²) in [5.74, 6) is 0.522. The molecule has 2 N–H and O–H groups in total. The van der Waals surface area contributed by atoms with Crippen LogP contribution in [-0.2, 0) is 27.4 Å². The van der Waals surface area contributed by atoms with E-state index in [-0.39, 0.29) is 29.8 Å². The summed E-state index contributed by atoms with van der Waals surface area (Å²) in [5, 5.41) is 19.0. The van der Waals surface area contributed by atoms with E-state index in [0.717, 1.165) is 6.42 Å². The molecule has 1 aromatic rings. The molecule has 0 aliphatic heterocycles. The van der Waals surface area contributed by atoms with Crippen molar-refractivity contribution in [1.29, 1.82) is 0 Å². The van der Waals surface area contributed by atoms with Gasteiger partial charge in [-0.15, -0.1) is 5.10 Å². The van der Waals surface area contributed by atoms with Gasteiger partial charge in [0.05, 0.1) is 24.9 Å². The number of allylic oxidation sites excluding steroid dienone is 1. The van der Waals surface area contributed by atoms with Crippen molar-refractivity contribution >= 4 is 11.7 Å². The quantitative estimate of drug-likeness (QED) is 0.486. The zero-order valence-electron chi connectivity index (χ0n) is 20.5. The van der Waals surface area contributed by atoms with Gasteiger partial charge < -0.3 is 15.2 Å². The third-order valence-corrected chi connectivity index (χ3v) is 4.09. The lowest BCUT2D eigenvalue weighted by atomic mass is 10.1. The number of nitrogens with zero attached hydrogens (tertiary/aromatic N) is 3. The Kier molecular flexibility index (Phi) is 13.9. The largest absolute Gasteiger partial charge is 0.396 e. The Morgan fingerprint density at radius 2 is 1.77 bits per heavy atom. The Labute approximate surface area is 187 Å². The molecule has 178 valence electrons. The molecule has 1 amide bonds. The minimum absolute atomic E-state index is 0.0780. The number of nitrogens with one attached hydrogen (secondary N) is 1. The Balaban J connectivity index is 0.00000161. The summed E-state index contributed by atoms with van der Waals surface area (Å²) in [5.41, 5.74) is 0.309. The van der Waals surface area contributed by atoms with Gasteiger partial charge in [-0.25, -0.2) is 4.68 Å². The number of ether oxygens (including phenoxy) is 1. The van der Waals surface area contributed by atoms with Crippen LogP contribution in [0.1, 0.15) is 67.5 Å². The maximum atomic E-state index is 11.7. The Morgan fingerprint density at radius 3 is 2.29 bits per heavy atom. The lowest BCUT2D eigenvalue weighted by Gasteiger charge is -2.25. The molecular weight excluding hydrogens is 396 g/mol. The van der Waals surface area contributed by atoms with Gasteiger partial charge in [-0.2, -0.15) is 0 Å². The molecule has 0 unspecified atom stereocenters. The van der Waals surface area contributed by atoms with E-state index >= 15 is 0 Å². The van der Waals surface area contributed by atoms with Gasteiger partial charge in [-0.1, -0.05) is 46.8 Å². The van der Waals surface area contributed by atoms with Gasteiger partial charge in [-0.05, 0) is 38.2 Å². The molecule has 0 aliphatic rings. The van der Waals surface area contributed by atoms with Crippen molar-refractivity contribution < 1.29 is 19.4 Å². The number of aliphatic hydroxyl groups excluding tert-OH is 1. The molecule has 1 rings (SSSR count). The van der Waals surface area contributed by atoms with Gasteiger partial charge in [0.15, 0.2) is 5.78 Å². The molecule has 1 aromatic heterocycles. The van der Waals surface area contributed by atoms with E-state index in [0.29, 0.717) is 37.3 Å². The first-order valence-corrected chi connectivity index (χ1v) is 11.0. The first-order valence-electron chi connectivity index (χ1n) is 11.0. The van der Waals surface area contributed by atoms with Crippen LogP contribution in [0.25, 0.3) is 0 Å². The maximum absolute atomic E-state index is 11.7. The topological polar surface area (TPSA) is 106 Å². The average molecular weight is 439 g/mol. The van der Waals surface area contributed by atoms with Crippen molar-refractivity contribution in [3.8, 4) is 0 Å². The van der Waals surface area contributed by atoms with Crippen molar-refractivity contribution in [3.05, 3.63) is 24.0 Å². The van der Waals surface area contributed by atoms with Crippen molar-refractivity contribution in [2.75, 3.05) is 13.2 Å². The first-order chi connectivity index (χ1) is 14.4. The van der Waals surface area contributed by atoms with E-state index in [4.69, 9.17) is 9.84 Å². The SMILES string of the molecule is CC(C)CCOC(C)(C)Cn1cc(CNC(=O)/C=C\C(=O)C(C)C)nn1.CC(C)CO. The third-order valence-electron chi connectivity index (χ3n) is 4.09. The highest BCUT2D eigenvalue weighted by Crippen LogP contribution is 2.14. The third kappa shape index (κ3) is 15.4. The molecule has 0 radical (unpaired) electrons. The number of carbonyl (C=O) groups is 2. The van der Waals surface area contributed by atoms with Gasteiger partial charge >= 0.3 is 0 Å². The van der Waals surface area contributed by atoms with E-state index in [2.05, 4.69) is 29.5 Å². The number of rotatable bonds is 12. The summed E-state index contributed by atoms with van der Waals surface area (Å²) in [4.78, 5) is 23.2. The predicted molar refractivity (Wildman–Crippen MR) is 122 cm³/mol. The van der Waals surface area contributed by atoms with E-state index in [1.165, 1.54) is 12.2 Å². The van der Waals surface area contributed by atoms with E-state index in [1.807, 2.05) is 27.7 Å². The molecule has 0 saturated carbocycles. The number of carbonyl (C=O) groups excluding carboxylic acids is 2. The maximum Gasteiger partial charge on any atom is 0.244 e. The van der Waals surface area contributed by atoms with E-state index < -0.39 is 0 Å². The zero-order valence-corrected chi connectivity index (χ0v) is 20.5. The predicted octanol–water partition coefficient (Wildman–Crippen LogP) is 3.15. The van der Waals surface area contributed by atoms with Crippen molar-refractivity contribution in [2.45, 2.75) is 80.5 Å². The van der Waals surface area contributed by atoms with Gasteiger partial charge in [0.1, 0.15) is 5.69 Å². The van der Waals surface area contributed by atoms with Crippen LogP contribution in [0.15, 0.2) is 18.3 Å². The normalized spacial score (nSPS) is 11.9. The molecular formula is C23H42N4O4. The molecule has 8 nitrogen and oxygen atoms in total. The van der Waals surface area contributed by atoms with Gasteiger partial charge in [0, 0.05) is 25.2 Å². The number of amides is 1. The van der Waals surface area contributed by atoms with Crippen LogP contribution in [0.2, 0.25) is 0 Å². The number of hydrogen-bond acceptors (Lipinski definition) is 6. The average Bonchev–Trinajstić information content (AvgIpc) is 3.10. The first kappa shape index (κ1) is 28.9. The number of aliphatic hydroxyl groups is 1. The van der Waals surface area contributed by atoms with Gasteiger partial charge in [0.2, 0.25) is 5.91 Å². The minimum atomic E-state index is -0.344. The minimum Gasteiger partial charge on any atom is -0.396 e. The Hall–Kier alpha value is -2.06. The fraction of sp³-hybridized carbons (Fsp3) is 0.739. The molecule has 1 heterocycles. The summed E-state index contributed by atoms with van der Waals surface area (Å²) >= 11 is 0. The standard InChI is InChI=1S/C19H32N4O3.C4H10O/c1-14(2)9-10-26-19(5,6)13-23-12-16(21-22-23)11-20-18(25)8-7-17(24)15(3)4;1-4(2)3-5/h7-8,12,14-15H,9-11,13H2,1-6H3,(H,20,25);4-5H,3H2,1-2H3/b8-7-;. The summed E-state index contributed by atoms with van der Waals surface area (Å²) in [7, 11) is 0. The summed E-state index contributed by atoms with van der Waals surface area (Å²) in [6.07, 6.45) is 5.36. The van der Waals surface area contributed by atoms with Crippen LogP contribution in [0.5, 0.6) is 0 Å². The van der Waals surface area contributed by atoms with E-state index in [1.54, 1.807) is 24.7 Å².